The summed E-state index contributed by atoms with van der Waals surface area (Å²) in [6.45, 7) is 2.50. The molecule has 144 valence electrons. The molecule has 0 aliphatic heterocycles. The average Bonchev–Trinajstić information content (AvgIpc) is 3.07. The Morgan fingerprint density at radius 3 is 2.61 bits per heavy atom. The van der Waals surface area contributed by atoms with Crippen LogP contribution in [0.2, 0.25) is 0 Å². The number of amides is 1. The lowest BCUT2D eigenvalue weighted by Gasteiger charge is -2.09. The van der Waals surface area contributed by atoms with Crippen molar-refractivity contribution in [3.63, 3.8) is 0 Å². The fourth-order valence-electron chi connectivity index (χ4n) is 2.73. The van der Waals surface area contributed by atoms with Gasteiger partial charge in [-0.1, -0.05) is 28.1 Å². The van der Waals surface area contributed by atoms with E-state index in [9.17, 15) is 14.9 Å². The number of nitro benzene ring substituents is 1. The normalized spacial score (nSPS) is 10.5. The molecule has 0 aliphatic carbocycles. The monoisotopic (exact) mass is 443 g/mol. The van der Waals surface area contributed by atoms with Gasteiger partial charge in [0.25, 0.3) is 11.6 Å². The van der Waals surface area contributed by atoms with E-state index in [1.807, 2.05) is 31.2 Å². The van der Waals surface area contributed by atoms with E-state index in [0.717, 1.165) is 15.9 Å². The van der Waals surface area contributed by atoms with Crippen LogP contribution in [0.3, 0.4) is 0 Å². The average molecular weight is 444 g/mol. The van der Waals surface area contributed by atoms with Crippen LogP contribution in [0.4, 0.5) is 11.4 Å². The molecule has 9 heteroatoms. The third-order valence-electron chi connectivity index (χ3n) is 4.15. The van der Waals surface area contributed by atoms with Crippen molar-refractivity contribution in [3.05, 3.63) is 80.6 Å². The quantitative estimate of drug-likeness (QED) is 0.329. The van der Waals surface area contributed by atoms with Crippen molar-refractivity contribution >= 4 is 33.2 Å². The molecular weight excluding hydrogens is 426 g/mol. The molecule has 0 spiro atoms. The van der Waals surface area contributed by atoms with Gasteiger partial charge in [-0.3, -0.25) is 14.9 Å². The van der Waals surface area contributed by atoms with Gasteiger partial charge in [0.15, 0.2) is 0 Å². The van der Waals surface area contributed by atoms with Crippen LogP contribution in [0.25, 0.3) is 5.69 Å². The van der Waals surface area contributed by atoms with Crippen molar-refractivity contribution < 1.29 is 9.72 Å². The summed E-state index contributed by atoms with van der Waals surface area (Å²) in [4.78, 5) is 23.0. The summed E-state index contributed by atoms with van der Waals surface area (Å²) in [6.07, 6.45) is 1.53. The highest BCUT2D eigenvalue weighted by molar-refractivity contribution is 9.10. The second-order valence-electron chi connectivity index (χ2n) is 5.99. The van der Waals surface area contributed by atoms with Gasteiger partial charge in [-0.05, 0) is 37.3 Å². The van der Waals surface area contributed by atoms with Gasteiger partial charge in [-0.25, -0.2) is 4.68 Å². The highest BCUT2D eigenvalue weighted by Gasteiger charge is 2.15. The standard InChI is InChI=1S/C19H18BrN5O3/c1-13-16(12-23-24(13)15-8-6-14(20)7-9-15)19(26)22-11-10-21-17-4-2-3-5-18(17)25(27)28/h2-9,12,21H,10-11H2,1H3,(H,22,26). The molecule has 2 N–H and O–H groups in total. The molecule has 0 unspecified atom stereocenters. The SMILES string of the molecule is Cc1c(C(=O)NCCNc2ccccc2[N+](=O)[O-])cnn1-c1ccc(Br)cc1. The Labute approximate surface area is 169 Å². The highest BCUT2D eigenvalue weighted by Crippen LogP contribution is 2.22. The van der Waals surface area contributed by atoms with Crippen LogP contribution in [-0.4, -0.2) is 33.7 Å². The minimum Gasteiger partial charge on any atom is -0.378 e. The maximum absolute atomic E-state index is 12.4. The van der Waals surface area contributed by atoms with Crippen molar-refractivity contribution in [1.82, 2.24) is 15.1 Å². The van der Waals surface area contributed by atoms with Gasteiger partial charge in [0.05, 0.1) is 28.1 Å². The van der Waals surface area contributed by atoms with Crippen molar-refractivity contribution in [1.29, 1.82) is 0 Å². The number of carbonyl (C=O) groups is 1. The zero-order valence-corrected chi connectivity index (χ0v) is 16.6. The van der Waals surface area contributed by atoms with E-state index in [0.29, 0.717) is 24.3 Å². The minimum absolute atomic E-state index is 0.000412. The van der Waals surface area contributed by atoms with Crippen LogP contribution in [0, 0.1) is 17.0 Å². The molecule has 3 rings (SSSR count). The molecule has 0 atom stereocenters. The van der Waals surface area contributed by atoms with Crippen molar-refractivity contribution in [3.8, 4) is 5.69 Å². The predicted molar refractivity (Wildman–Crippen MR) is 110 cm³/mol. The molecule has 8 nitrogen and oxygen atoms in total. The van der Waals surface area contributed by atoms with E-state index < -0.39 is 4.92 Å². The highest BCUT2D eigenvalue weighted by atomic mass is 79.9. The number of hydrogen-bond donors (Lipinski definition) is 2. The molecular formula is C19H18BrN5O3. The van der Waals surface area contributed by atoms with Crippen LogP contribution >= 0.6 is 15.9 Å². The van der Waals surface area contributed by atoms with Gasteiger partial charge in [0, 0.05) is 23.6 Å². The van der Waals surface area contributed by atoms with E-state index in [-0.39, 0.29) is 11.6 Å². The third kappa shape index (κ3) is 4.37. The Bertz CT molecular complexity index is 1000. The van der Waals surface area contributed by atoms with Gasteiger partial charge in [-0.15, -0.1) is 0 Å². The van der Waals surface area contributed by atoms with Gasteiger partial charge >= 0.3 is 0 Å². The second-order valence-corrected chi connectivity index (χ2v) is 6.90. The van der Waals surface area contributed by atoms with Crippen molar-refractivity contribution in [2.75, 3.05) is 18.4 Å². The molecule has 1 amide bonds. The zero-order valence-electron chi connectivity index (χ0n) is 15.1. The lowest BCUT2D eigenvalue weighted by molar-refractivity contribution is -0.384. The first kappa shape index (κ1) is 19.6. The fourth-order valence-corrected chi connectivity index (χ4v) is 2.99. The summed E-state index contributed by atoms with van der Waals surface area (Å²) in [5, 5.41) is 21.1. The number of anilines is 1. The largest absolute Gasteiger partial charge is 0.378 e. The predicted octanol–water partition coefficient (Wildman–Crippen LogP) is 3.69. The Balaban J connectivity index is 1.59. The number of nitrogens with one attached hydrogen (secondary N) is 2. The maximum atomic E-state index is 12.4. The Morgan fingerprint density at radius 2 is 1.89 bits per heavy atom. The Hall–Kier alpha value is -3.20. The summed E-state index contributed by atoms with van der Waals surface area (Å²) in [5.74, 6) is -0.245. The molecule has 0 saturated heterocycles. The number of rotatable bonds is 7. The third-order valence-corrected chi connectivity index (χ3v) is 4.68. The second kappa shape index (κ2) is 8.66. The summed E-state index contributed by atoms with van der Waals surface area (Å²) < 4.78 is 2.66. The number of hydrogen-bond acceptors (Lipinski definition) is 5. The van der Waals surface area contributed by atoms with Crippen LogP contribution in [0.5, 0.6) is 0 Å². The van der Waals surface area contributed by atoms with Crippen molar-refractivity contribution in [2.24, 2.45) is 0 Å². The number of nitro groups is 1. The van der Waals surface area contributed by atoms with Gasteiger partial charge in [0.1, 0.15) is 5.69 Å². The van der Waals surface area contributed by atoms with E-state index in [2.05, 4.69) is 31.7 Å². The van der Waals surface area contributed by atoms with E-state index >= 15 is 0 Å². The lowest BCUT2D eigenvalue weighted by atomic mass is 10.2. The van der Waals surface area contributed by atoms with Crippen LogP contribution in [0.1, 0.15) is 16.1 Å². The molecule has 0 aliphatic rings. The Kier molecular flexibility index (Phi) is 6.05. The summed E-state index contributed by atoms with van der Waals surface area (Å²) in [7, 11) is 0. The lowest BCUT2D eigenvalue weighted by Crippen LogP contribution is -2.29. The first-order chi connectivity index (χ1) is 13.5. The van der Waals surface area contributed by atoms with E-state index in [1.54, 1.807) is 22.9 Å². The summed E-state index contributed by atoms with van der Waals surface area (Å²) in [5.41, 5.74) is 2.49. The smallest absolute Gasteiger partial charge is 0.292 e. The van der Waals surface area contributed by atoms with Crippen LogP contribution in [-0.2, 0) is 0 Å². The number of benzene rings is 2. The molecule has 0 saturated carbocycles. The van der Waals surface area contributed by atoms with Gasteiger partial charge < -0.3 is 10.6 Å². The molecule has 1 heterocycles. The number of nitrogens with zero attached hydrogens (tertiary/aromatic N) is 3. The molecule has 2 aromatic carbocycles. The van der Waals surface area contributed by atoms with Crippen LogP contribution < -0.4 is 10.6 Å². The number of carbonyl (C=O) groups excluding carboxylic acids is 1. The van der Waals surface area contributed by atoms with Crippen molar-refractivity contribution in [2.45, 2.75) is 6.92 Å². The maximum Gasteiger partial charge on any atom is 0.292 e. The summed E-state index contributed by atoms with van der Waals surface area (Å²) >= 11 is 3.39. The molecule has 0 bridgehead atoms. The molecule has 28 heavy (non-hydrogen) atoms. The topological polar surface area (TPSA) is 102 Å². The number of para-hydroxylation sites is 2. The first-order valence-electron chi connectivity index (χ1n) is 8.53. The minimum atomic E-state index is -0.444. The molecule has 0 fully saturated rings. The molecule has 0 radical (unpaired) electrons. The first-order valence-corrected chi connectivity index (χ1v) is 9.32. The number of aromatic nitrogens is 2. The van der Waals surface area contributed by atoms with Gasteiger partial charge in [-0.2, -0.15) is 5.10 Å². The molecule has 1 aromatic heterocycles. The van der Waals surface area contributed by atoms with E-state index in [1.165, 1.54) is 12.3 Å². The fraction of sp³-hybridized carbons (Fsp3) is 0.158. The Morgan fingerprint density at radius 1 is 1.18 bits per heavy atom. The van der Waals surface area contributed by atoms with E-state index in [4.69, 9.17) is 0 Å². The van der Waals surface area contributed by atoms with Crippen LogP contribution in [0.15, 0.2) is 59.2 Å². The summed E-state index contributed by atoms with van der Waals surface area (Å²) in [6, 6.07) is 14.0. The molecule has 3 aromatic rings. The zero-order chi connectivity index (χ0) is 20.1. The number of halogens is 1. The van der Waals surface area contributed by atoms with Gasteiger partial charge in [0.2, 0.25) is 0 Å².